The maximum absolute atomic E-state index is 13.5. The highest BCUT2D eigenvalue weighted by Crippen LogP contribution is 2.35. The fraction of sp³-hybridized carbons (Fsp3) is 0.348. The molecule has 3 aromatic rings. The van der Waals surface area contributed by atoms with Crippen LogP contribution in [0.5, 0.6) is 0 Å². The third kappa shape index (κ3) is 4.02. The van der Waals surface area contributed by atoms with Crippen LogP contribution >= 0.6 is 0 Å². The van der Waals surface area contributed by atoms with Crippen LogP contribution in [0.1, 0.15) is 24.0 Å². The molecule has 1 N–H and O–H groups in total. The Kier molecular flexibility index (Phi) is 5.19. The second-order valence-electron chi connectivity index (χ2n) is 7.73. The van der Waals surface area contributed by atoms with Gasteiger partial charge < -0.3 is 5.11 Å². The van der Waals surface area contributed by atoms with E-state index in [1.54, 1.807) is 12.1 Å². The second kappa shape index (κ2) is 7.75. The second-order valence-corrected chi connectivity index (χ2v) is 7.73. The third-order valence-electron chi connectivity index (χ3n) is 5.83. The number of aromatic nitrogens is 1. The molecule has 1 saturated heterocycles. The van der Waals surface area contributed by atoms with Crippen molar-refractivity contribution in [1.29, 1.82) is 0 Å². The Hall–Kier alpha value is -2.30. The van der Waals surface area contributed by atoms with E-state index in [0.29, 0.717) is 0 Å². The summed E-state index contributed by atoms with van der Waals surface area (Å²) < 4.78 is 13.5. The minimum Gasteiger partial charge on any atom is -0.396 e. The largest absolute Gasteiger partial charge is 0.396 e. The lowest BCUT2D eigenvalue weighted by Gasteiger charge is -2.41. The van der Waals surface area contributed by atoms with E-state index in [1.165, 1.54) is 17.0 Å². The van der Waals surface area contributed by atoms with Crippen molar-refractivity contribution in [2.45, 2.75) is 25.8 Å². The number of piperidine rings is 1. The van der Waals surface area contributed by atoms with Gasteiger partial charge in [0.1, 0.15) is 5.82 Å². The number of pyridine rings is 1. The van der Waals surface area contributed by atoms with Crippen LogP contribution in [-0.4, -0.2) is 34.7 Å². The standard InChI is InChI=1S/C23H25FN2O/c24-21-8-1-4-18(14-21)15-23(17-27)9-12-26(13-10-23)16-20-6-2-5-19-7-3-11-25-22(19)20/h1-8,11,14,27H,9-10,12-13,15-17H2. The van der Waals surface area contributed by atoms with Crippen LogP contribution < -0.4 is 0 Å². The summed E-state index contributed by atoms with van der Waals surface area (Å²) in [5, 5.41) is 11.2. The maximum Gasteiger partial charge on any atom is 0.123 e. The van der Waals surface area contributed by atoms with E-state index in [-0.39, 0.29) is 17.8 Å². The first kappa shape index (κ1) is 18.1. The van der Waals surface area contributed by atoms with Crippen LogP contribution in [0.2, 0.25) is 0 Å². The van der Waals surface area contributed by atoms with Gasteiger partial charge in [0.25, 0.3) is 0 Å². The number of aliphatic hydroxyl groups excluding tert-OH is 1. The molecule has 3 nitrogen and oxygen atoms in total. The SMILES string of the molecule is OCC1(Cc2cccc(F)c2)CCN(Cc2cccc3cccnc23)CC1. The number of nitrogens with zero attached hydrogens (tertiary/aromatic N) is 2. The zero-order valence-corrected chi connectivity index (χ0v) is 15.4. The summed E-state index contributed by atoms with van der Waals surface area (Å²) in [7, 11) is 0. The first-order valence-corrected chi connectivity index (χ1v) is 9.58. The van der Waals surface area contributed by atoms with Gasteiger partial charge in [-0.05, 0) is 67.1 Å². The Morgan fingerprint density at radius 3 is 2.59 bits per heavy atom. The van der Waals surface area contributed by atoms with E-state index in [0.717, 1.165) is 50.0 Å². The maximum atomic E-state index is 13.5. The van der Waals surface area contributed by atoms with Crippen molar-refractivity contribution in [2.24, 2.45) is 5.41 Å². The van der Waals surface area contributed by atoms with Crippen LogP contribution in [-0.2, 0) is 13.0 Å². The summed E-state index contributed by atoms with van der Waals surface area (Å²) in [5.74, 6) is -0.207. The summed E-state index contributed by atoms with van der Waals surface area (Å²) >= 11 is 0. The van der Waals surface area contributed by atoms with Crippen molar-refractivity contribution in [3.8, 4) is 0 Å². The molecular formula is C23H25FN2O. The Morgan fingerprint density at radius 2 is 1.81 bits per heavy atom. The summed E-state index contributed by atoms with van der Waals surface area (Å²) in [4.78, 5) is 6.99. The fourth-order valence-electron chi connectivity index (χ4n) is 4.19. The highest BCUT2D eigenvalue weighted by atomic mass is 19.1. The molecule has 0 radical (unpaired) electrons. The van der Waals surface area contributed by atoms with Gasteiger partial charge in [-0.1, -0.05) is 36.4 Å². The molecule has 0 unspecified atom stereocenters. The van der Waals surface area contributed by atoms with Crippen molar-refractivity contribution in [1.82, 2.24) is 9.88 Å². The van der Waals surface area contributed by atoms with Crippen LogP contribution in [0.15, 0.2) is 60.8 Å². The molecule has 0 amide bonds. The first-order valence-electron chi connectivity index (χ1n) is 9.58. The van der Waals surface area contributed by atoms with Gasteiger partial charge in [-0.2, -0.15) is 0 Å². The smallest absolute Gasteiger partial charge is 0.123 e. The summed E-state index contributed by atoms with van der Waals surface area (Å²) in [6.07, 6.45) is 4.40. The van der Waals surface area contributed by atoms with E-state index in [9.17, 15) is 9.50 Å². The van der Waals surface area contributed by atoms with Crippen LogP contribution in [0, 0.1) is 11.2 Å². The number of fused-ring (bicyclic) bond motifs is 1. The normalized spacial score (nSPS) is 17.3. The molecule has 1 aliphatic heterocycles. The van der Waals surface area contributed by atoms with Crippen LogP contribution in [0.25, 0.3) is 10.9 Å². The lowest BCUT2D eigenvalue weighted by Crippen LogP contribution is -2.42. The van der Waals surface area contributed by atoms with Crippen molar-refractivity contribution in [2.75, 3.05) is 19.7 Å². The van der Waals surface area contributed by atoms with Gasteiger partial charge in [0.2, 0.25) is 0 Å². The molecule has 2 heterocycles. The lowest BCUT2D eigenvalue weighted by molar-refractivity contribution is 0.0414. The molecule has 27 heavy (non-hydrogen) atoms. The highest BCUT2D eigenvalue weighted by molar-refractivity contribution is 5.81. The molecule has 0 saturated carbocycles. The number of rotatable bonds is 5. The van der Waals surface area contributed by atoms with Crippen molar-refractivity contribution in [3.63, 3.8) is 0 Å². The molecule has 0 spiro atoms. The zero-order chi connectivity index (χ0) is 18.7. The molecule has 0 aliphatic carbocycles. The van der Waals surface area contributed by atoms with Gasteiger partial charge in [-0.25, -0.2) is 4.39 Å². The minimum absolute atomic E-state index is 0.146. The topological polar surface area (TPSA) is 36.4 Å². The summed E-state index contributed by atoms with van der Waals surface area (Å²) in [6.45, 7) is 2.88. The number of para-hydroxylation sites is 1. The molecule has 1 fully saturated rings. The predicted molar refractivity (Wildman–Crippen MR) is 106 cm³/mol. The first-order chi connectivity index (χ1) is 13.2. The van der Waals surface area contributed by atoms with Crippen molar-refractivity contribution in [3.05, 3.63) is 77.7 Å². The quantitative estimate of drug-likeness (QED) is 0.737. The minimum atomic E-state index is -0.207. The molecule has 4 heteroatoms. The Bertz CT molecular complexity index is 914. The van der Waals surface area contributed by atoms with Crippen molar-refractivity contribution >= 4 is 10.9 Å². The Morgan fingerprint density at radius 1 is 1.04 bits per heavy atom. The summed E-state index contributed by atoms with van der Waals surface area (Å²) in [5.41, 5.74) is 3.13. The van der Waals surface area contributed by atoms with Crippen LogP contribution in [0.3, 0.4) is 0 Å². The number of hydrogen-bond donors (Lipinski definition) is 1. The van der Waals surface area contributed by atoms with E-state index in [4.69, 9.17) is 0 Å². The van der Waals surface area contributed by atoms with E-state index >= 15 is 0 Å². The molecule has 0 atom stereocenters. The van der Waals surface area contributed by atoms with Gasteiger partial charge in [0.05, 0.1) is 5.52 Å². The summed E-state index contributed by atoms with van der Waals surface area (Å²) in [6, 6.07) is 17.2. The Balaban J connectivity index is 1.44. The van der Waals surface area contributed by atoms with Gasteiger partial charge >= 0.3 is 0 Å². The fourth-order valence-corrected chi connectivity index (χ4v) is 4.19. The van der Waals surface area contributed by atoms with E-state index in [1.807, 2.05) is 18.3 Å². The van der Waals surface area contributed by atoms with Gasteiger partial charge in [-0.15, -0.1) is 0 Å². The lowest BCUT2D eigenvalue weighted by atomic mass is 9.74. The predicted octanol–water partition coefficient (Wildman–Crippen LogP) is 4.19. The molecule has 140 valence electrons. The third-order valence-corrected chi connectivity index (χ3v) is 5.83. The molecule has 2 aromatic carbocycles. The van der Waals surface area contributed by atoms with Gasteiger partial charge in [-0.3, -0.25) is 9.88 Å². The average Bonchev–Trinajstić information content (AvgIpc) is 2.70. The average molecular weight is 364 g/mol. The molecule has 0 bridgehead atoms. The Labute approximate surface area is 159 Å². The zero-order valence-electron chi connectivity index (χ0n) is 15.4. The number of hydrogen-bond acceptors (Lipinski definition) is 3. The van der Waals surface area contributed by atoms with Crippen LogP contribution in [0.4, 0.5) is 4.39 Å². The number of likely N-dealkylation sites (tertiary alicyclic amines) is 1. The monoisotopic (exact) mass is 364 g/mol. The number of halogens is 1. The van der Waals surface area contributed by atoms with Crippen molar-refractivity contribution < 1.29 is 9.50 Å². The highest BCUT2D eigenvalue weighted by Gasteiger charge is 2.34. The van der Waals surface area contributed by atoms with Gasteiger partial charge in [0, 0.05) is 24.7 Å². The molecule has 1 aromatic heterocycles. The van der Waals surface area contributed by atoms with Gasteiger partial charge in [0.15, 0.2) is 0 Å². The molecular weight excluding hydrogens is 339 g/mol. The molecule has 4 rings (SSSR count). The molecule has 1 aliphatic rings. The number of benzene rings is 2. The van der Waals surface area contributed by atoms with E-state index < -0.39 is 0 Å². The number of aliphatic hydroxyl groups is 1. The van der Waals surface area contributed by atoms with E-state index in [2.05, 4.69) is 34.1 Å².